The van der Waals surface area contributed by atoms with Crippen LogP contribution in [0.15, 0.2) is 0 Å². The third-order valence-electron chi connectivity index (χ3n) is 2.98. The summed E-state index contributed by atoms with van der Waals surface area (Å²) in [7, 11) is 1.70. The van der Waals surface area contributed by atoms with E-state index >= 15 is 0 Å². The van der Waals surface area contributed by atoms with Crippen molar-refractivity contribution in [2.75, 3.05) is 39.8 Å². The van der Waals surface area contributed by atoms with Crippen molar-refractivity contribution in [2.45, 2.75) is 13.3 Å². The van der Waals surface area contributed by atoms with Crippen molar-refractivity contribution in [2.24, 2.45) is 0 Å². The van der Waals surface area contributed by atoms with E-state index in [1.165, 1.54) is 9.80 Å². The lowest BCUT2D eigenvalue weighted by Gasteiger charge is -2.35. The zero-order valence-electron chi connectivity index (χ0n) is 10.8. The van der Waals surface area contributed by atoms with Gasteiger partial charge in [0.15, 0.2) is 0 Å². The summed E-state index contributed by atoms with van der Waals surface area (Å²) in [6.07, 6.45) is -0.0821. The van der Waals surface area contributed by atoms with Gasteiger partial charge in [0.25, 0.3) is 0 Å². The highest BCUT2D eigenvalue weighted by Crippen LogP contribution is 2.06. The minimum Gasteiger partial charge on any atom is -0.481 e. The summed E-state index contributed by atoms with van der Waals surface area (Å²) in [5.41, 5.74) is 0. The Balaban J connectivity index is 2.55. The predicted octanol–water partition coefficient (Wildman–Crippen LogP) is -0.323. The molecule has 0 atom stereocenters. The molecule has 0 aliphatic carbocycles. The van der Waals surface area contributed by atoms with E-state index in [4.69, 9.17) is 5.11 Å². The van der Waals surface area contributed by atoms with E-state index in [1.54, 1.807) is 18.9 Å². The number of carboxylic acids is 1. The van der Waals surface area contributed by atoms with Gasteiger partial charge in [0, 0.05) is 33.2 Å². The smallest absolute Gasteiger partial charge is 0.320 e. The lowest BCUT2D eigenvalue weighted by atomic mass is 10.3. The minimum absolute atomic E-state index is 0.0684. The van der Waals surface area contributed by atoms with Crippen LogP contribution < -0.4 is 0 Å². The Morgan fingerprint density at radius 1 is 1.39 bits per heavy atom. The van der Waals surface area contributed by atoms with Gasteiger partial charge in [0.2, 0.25) is 5.91 Å². The van der Waals surface area contributed by atoms with Crippen LogP contribution in [0.25, 0.3) is 0 Å². The number of piperazine rings is 1. The molecule has 0 spiro atoms. The van der Waals surface area contributed by atoms with Crippen LogP contribution in [0, 0.1) is 0 Å². The highest BCUT2D eigenvalue weighted by atomic mass is 16.4. The van der Waals surface area contributed by atoms with E-state index in [0.29, 0.717) is 19.6 Å². The first kappa shape index (κ1) is 14.3. The van der Waals surface area contributed by atoms with Crippen LogP contribution in [0.1, 0.15) is 13.3 Å². The number of urea groups is 1. The molecule has 1 fully saturated rings. The number of carbonyl (C=O) groups is 3. The summed E-state index contributed by atoms with van der Waals surface area (Å²) >= 11 is 0. The summed E-state index contributed by atoms with van der Waals surface area (Å²) in [6, 6.07) is -0.264. The number of amides is 3. The van der Waals surface area contributed by atoms with E-state index < -0.39 is 5.97 Å². The van der Waals surface area contributed by atoms with Crippen molar-refractivity contribution in [1.29, 1.82) is 0 Å². The molecule has 1 heterocycles. The number of hydrogen-bond acceptors (Lipinski definition) is 3. The Morgan fingerprint density at radius 2 is 2.06 bits per heavy atom. The quantitative estimate of drug-likeness (QED) is 0.748. The van der Waals surface area contributed by atoms with Crippen molar-refractivity contribution in [1.82, 2.24) is 14.7 Å². The van der Waals surface area contributed by atoms with Gasteiger partial charge in [0.1, 0.15) is 6.54 Å². The van der Waals surface area contributed by atoms with Gasteiger partial charge >= 0.3 is 12.0 Å². The molecule has 0 radical (unpaired) electrons. The average Bonchev–Trinajstić information content (AvgIpc) is 2.32. The van der Waals surface area contributed by atoms with Gasteiger partial charge in [0.05, 0.1) is 6.42 Å². The first-order valence-corrected chi connectivity index (χ1v) is 5.95. The summed E-state index contributed by atoms with van der Waals surface area (Å²) in [4.78, 5) is 38.6. The molecule has 0 aromatic heterocycles. The van der Waals surface area contributed by atoms with Crippen LogP contribution in [0.5, 0.6) is 0 Å². The Kier molecular flexibility index (Phi) is 4.94. The molecule has 1 aliphatic rings. The SMILES string of the molecule is CCN(CCC(=O)O)C(=O)N1CCN(C)C(=O)C1. The first-order valence-electron chi connectivity index (χ1n) is 5.95. The van der Waals surface area contributed by atoms with Crippen LogP contribution in [0.3, 0.4) is 0 Å². The fourth-order valence-electron chi connectivity index (χ4n) is 1.74. The molecular weight excluding hydrogens is 238 g/mol. The maximum absolute atomic E-state index is 12.1. The van der Waals surface area contributed by atoms with Crippen molar-refractivity contribution in [3.05, 3.63) is 0 Å². The Hall–Kier alpha value is -1.79. The number of carbonyl (C=O) groups excluding carboxylic acids is 2. The fourth-order valence-corrected chi connectivity index (χ4v) is 1.74. The number of hydrogen-bond donors (Lipinski definition) is 1. The second-order valence-electron chi connectivity index (χ2n) is 4.24. The number of carboxylic acid groups (broad SMARTS) is 1. The second kappa shape index (κ2) is 6.23. The van der Waals surface area contributed by atoms with Crippen molar-refractivity contribution in [3.63, 3.8) is 0 Å². The Labute approximate surface area is 106 Å². The topological polar surface area (TPSA) is 81.2 Å². The number of likely N-dealkylation sites (N-methyl/N-ethyl adjacent to an activating group) is 1. The molecular formula is C11H19N3O4. The standard InChI is InChI=1S/C11H19N3O4/c1-3-13(5-4-10(16)17)11(18)14-7-6-12(2)9(15)8-14/h3-8H2,1-2H3,(H,16,17). The summed E-state index contributed by atoms with van der Waals surface area (Å²) in [5, 5.41) is 8.61. The van der Waals surface area contributed by atoms with Gasteiger partial charge in [-0.25, -0.2) is 4.79 Å². The van der Waals surface area contributed by atoms with Crippen LogP contribution in [-0.2, 0) is 9.59 Å². The van der Waals surface area contributed by atoms with E-state index in [-0.39, 0.29) is 31.4 Å². The molecule has 0 bridgehead atoms. The zero-order valence-corrected chi connectivity index (χ0v) is 10.8. The molecule has 1 saturated heterocycles. The van der Waals surface area contributed by atoms with Gasteiger partial charge in [-0.05, 0) is 6.92 Å². The molecule has 1 N–H and O–H groups in total. The maximum atomic E-state index is 12.1. The molecule has 0 unspecified atom stereocenters. The molecule has 0 aromatic rings. The fraction of sp³-hybridized carbons (Fsp3) is 0.727. The van der Waals surface area contributed by atoms with E-state index in [0.717, 1.165) is 0 Å². The van der Waals surface area contributed by atoms with E-state index in [2.05, 4.69) is 0 Å². The zero-order chi connectivity index (χ0) is 13.7. The molecule has 18 heavy (non-hydrogen) atoms. The molecule has 1 aliphatic heterocycles. The molecule has 3 amide bonds. The molecule has 102 valence electrons. The van der Waals surface area contributed by atoms with Gasteiger partial charge in [-0.15, -0.1) is 0 Å². The highest BCUT2D eigenvalue weighted by Gasteiger charge is 2.27. The van der Waals surface area contributed by atoms with Gasteiger partial charge in [-0.3, -0.25) is 9.59 Å². The lowest BCUT2D eigenvalue weighted by Crippen LogP contribution is -2.54. The van der Waals surface area contributed by atoms with Gasteiger partial charge < -0.3 is 19.8 Å². The summed E-state index contributed by atoms with van der Waals surface area (Å²) < 4.78 is 0. The predicted molar refractivity (Wildman–Crippen MR) is 64.1 cm³/mol. The van der Waals surface area contributed by atoms with Crippen LogP contribution in [0.4, 0.5) is 4.79 Å². The third kappa shape index (κ3) is 3.61. The second-order valence-corrected chi connectivity index (χ2v) is 4.24. The maximum Gasteiger partial charge on any atom is 0.320 e. The number of nitrogens with zero attached hydrogens (tertiary/aromatic N) is 3. The van der Waals surface area contributed by atoms with Gasteiger partial charge in [-0.1, -0.05) is 0 Å². The lowest BCUT2D eigenvalue weighted by molar-refractivity contribution is -0.137. The van der Waals surface area contributed by atoms with E-state index in [1.807, 2.05) is 0 Å². The van der Waals surface area contributed by atoms with Crippen LogP contribution >= 0.6 is 0 Å². The minimum atomic E-state index is -0.935. The molecule has 7 nitrogen and oxygen atoms in total. The van der Waals surface area contributed by atoms with Gasteiger partial charge in [-0.2, -0.15) is 0 Å². The van der Waals surface area contributed by atoms with Crippen LogP contribution in [-0.4, -0.2) is 77.5 Å². The van der Waals surface area contributed by atoms with E-state index in [9.17, 15) is 14.4 Å². The summed E-state index contributed by atoms with van der Waals surface area (Å²) in [5.74, 6) is -1.03. The highest BCUT2D eigenvalue weighted by molar-refractivity contribution is 5.85. The largest absolute Gasteiger partial charge is 0.481 e. The van der Waals surface area contributed by atoms with Crippen molar-refractivity contribution < 1.29 is 19.5 Å². The summed E-state index contributed by atoms with van der Waals surface area (Å²) in [6.45, 7) is 3.47. The van der Waals surface area contributed by atoms with Crippen molar-refractivity contribution >= 4 is 17.9 Å². The molecule has 7 heteroatoms. The normalized spacial score (nSPS) is 15.8. The molecule has 0 saturated carbocycles. The first-order chi connectivity index (χ1) is 8.45. The van der Waals surface area contributed by atoms with Crippen molar-refractivity contribution in [3.8, 4) is 0 Å². The van der Waals surface area contributed by atoms with Crippen LogP contribution in [0.2, 0.25) is 0 Å². The third-order valence-corrected chi connectivity index (χ3v) is 2.98. The number of rotatable bonds is 4. The Morgan fingerprint density at radius 3 is 2.56 bits per heavy atom. The molecule has 0 aromatic carbocycles. The average molecular weight is 257 g/mol. The Bertz CT molecular complexity index is 345. The molecule has 1 rings (SSSR count). The number of aliphatic carboxylic acids is 1. The monoisotopic (exact) mass is 257 g/mol.